The zero-order valence-electron chi connectivity index (χ0n) is 18.8. The molecule has 0 spiro atoms. The van der Waals surface area contributed by atoms with Gasteiger partial charge in [-0.1, -0.05) is 36.0 Å². The van der Waals surface area contributed by atoms with Crippen LogP contribution >= 0.6 is 23.2 Å². The van der Waals surface area contributed by atoms with Gasteiger partial charge in [0.05, 0.1) is 10.0 Å². The third kappa shape index (κ3) is 3.90. The molecule has 1 aliphatic rings. The van der Waals surface area contributed by atoms with E-state index < -0.39 is 11.2 Å². The Morgan fingerprint density at radius 2 is 1.71 bits per heavy atom. The minimum Gasteiger partial charge on any atom is -0.419 e. The van der Waals surface area contributed by atoms with Gasteiger partial charge in [-0.3, -0.25) is 18.5 Å². The number of rotatable bonds is 4. The zero-order valence-corrected chi connectivity index (χ0v) is 20.3. The second-order valence-electron chi connectivity index (χ2n) is 8.41. The highest BCUT2D eigenvalue weighted by Crippen LogP contribution is 2.29. The lowest BCUT2D eigenvalue weighted by atomic mass is 10.2. The maximum Gasteiger partial charge on any atom is 0.332 e. The van der Waals surface area contributed by atoms with E-state index >= 15 is 0 Å². The summed E-state index contributed by atoms with van der Waals surface area (Å²) in [5.41, 5.74) is 0.435. The molecule has 0 radical (unpaired) electrons. The van der Waals surface area contributed by atoms with Gasteiger partial charge in [-0.15, -0.1) is 10.2 Å². The van der Waals surface area contributed by atoms with Crippen LogP contribution in [0.2, 0.25) is 10.0 Å². The molecule has 0 atom stereocenters. The van der Waals surface area contributed by atoms with Gasteiger partial charge in [-0.25, -0.2) is 4.79 Å². The molecule has 178 valence electrons. The van der Waals surface area contributed by atoms with Crippen molar-refractivity contribution in [2.24, 2.45) is 14.1 Å². The lowest BCUT2D eigenvalue weighted by molar-refractivity contribution is 0.489. The van der Waals surface area contributed by atoms with Crippen molar-refractivity contribution in [3.8, 4) is 11.5 Å². The maximum atomic E-state index is 13.1. The van der Waals surface area contributed by atoms with Gasteiger partial charge in [-0.05, 0) is 31.0 Å². The lowest BCUT2D eigenvalue weighted by Crippen LogP contribution is -2.37. The van der Waals surface area contributed by atoms with Crippen LogP contribution in [-0.2, 0) is 20.6 Å². The van der Waals surface area contributed by atoms with E-state index in [0.717, 1.165) is 43.3 Å². The van der Waals surface area contributed by atoms with Crippen LogP contribution in [0.15, 0.2) is 32.2 Å². The molecule has 0 N–H and O–H groups in total. The molecule has 1 saturated heterocycles. The SMILES string of the molecule is Cn1c(=O)c2c(nc(N3CCCCCC3)n2Cc2nnc(-c3ccc(Cl)c(Cl)c3)o2)n(C)c1=O. The Morgan fingerprint density at radius 3 is 2.41 bits per heavy atom. The minimum atomic E-state index is -0.427. The molecule has 10 nitrogen and oxygen atoms in total. The highest BCUT2D eigenvalue weighted by Gasteiger charge is 2.25. The average molecular weight is 504 g/mol. The Morgan fingerprint density at radius 1 is 0.971 bits per heavy atom. The Kier molecular flexibility index (Phi) is 5.95. The number of halogens is 2. The van der Waals surface area contributed by atoms with Crippen molar-refractivity contribution in [2.75, 3.05) is 18.0 Å². The Bertz CT molecular complexity index is 1490. The smallest absolute Gasteiger partial charge is 0.332 e. The number of nitrogens with zero attached hydrogens (tertiary/aromatic N) is 7. The van der Waals surface area contributed by atoms with Crippen LogP contribution < -0.4 is 16.1 Å². The fraction of sp³-hybridized carbons (Fsp3) is 0.409. The lowest BCUT2D eigenvalue weighted by Gasteiger charge is -2.22. The standard InChI is InChI=1S/C22H23Cl2N7O3/c1-28-18-17(20(32)29(2)22(28)33)31(21(25-18)30-9-5-3-4-6-10-30)12-16-26-27-19(34-16)13-7-8-14(23)15(24)11-13/h7-8,11H,3-6,9-10,12H2,1-2H3. The predicted octanol–water partition coefficient (Wildman–Crippen LogP) is 3.22. The van der Waals surface area contributed by atoms with E-state index in [1.54, 1.807) is 29.8 Å². The van der Waals surface area contributed by atoms with Crippen molar-refractivity contribution < 1.29 is 4.42 Å². The Balaban J connectivity index is 1.62. The molecule has 5 rings (SSSR count). The van der Waals surface area contributed by atoms with Gasteiger partial charge < -0.3 is 9.32 Å². The van der Waals surface area contributed by atoms with Crippen LogP contribution in [0.5, 0.6) is 0 Å². The van der Waals surface area contributed by atoms with Crippen molar-refractivity contribution in [3.05, 3.63) is 55.0 Å². The number of imidazole rings is 1. The first kappa shape index (κ1) is 22.7. The minimum absolute atomic E-state index is 0.129. The second kappa shape index (κ2) is 8.92. The third-order valence-electron chi connectivity index (χ3n) is 6.14. The summed E-state index contributed by atoms with van der Waals surface area (Å²) in [6.07, 6.45) is 4.35. The van der Waals surface area contributed by atoms with Crippen LogP contribution in [0, 0.1) is 0 Å². The van der Waals surface area contributed by atoms with Gasteiger partial charge in [0.15, 0.2) is 11.2 Å². The molecule has 0 bridgehead atoms. The van der Waals surface area contributed by atoms with Crippen LogP contribution in [0.4, 0.5) is 5.95 Å². The molecule has 1 aromatic carbocycles. The second-order valence-corrected chi connectivity index (χ2v) is 9.22. The van der Waals surface area contributed by atoms with Gasteiger partial charge in [0.2, 0.25) is 17.7 Å². The highest BCUT2D eigenvalue weighted by atomic mass is 35.5. The molecule has 4 aromatic rings. The Labute approximate surface area is 204 Å². The maximum absolute atomic E-state index is 13.1. The topological polar surface area (TPSA) is 104 Å². The van der Waals surface area contributed by atoms with E-state index in [4.69, 9.17) is 32.6 Å². The monoisotopic (exact) mass is 503 g/mol. The van der Waals surface area contributed by atoms with Gasteiger partial charge in [0.1, 0.15) is 6.54 Å². The molecule has 0 amide bonds. The first-order valence-electron chi connectivity index (χ1n) is 11.0. The summed E-state index contributed by atoms with van der Waals surface area (Å²) < 4.78 is 10.2. The fourth-order valence-electron chi connectivity index (χ4n) is 4.30. The summed E-state index contributed by atoms with van der Waals surface area (Å²) >= 11 is 12.1. The first-order chi connectivity index (χ1) is 16.3. The number of aromatic nitrogens is 6. The van der Waals surface area contributed by atoms with Gasteiger partial charge in [0, 0.05) is 32.7 Å². The third-order valence-corrected chi connectivity index (χ3v) is 6.88. The first-order valence-corrected chi connectivity index (χ1v) is 11.8. The van der Waals surface area contributed by atoms with E-state index in [9.17, 15) is 9.59 Å². The Hall–Kier alpha value is -3.11. The number of aryl methyl sites for hydroxylation is 1. The molecule has 0 unspecified atom stereocenters. The van der Waals surface area contributed by atoms with E-state index in [1.807, 2.05) is 0 Å². The number of hydrogen-bond acceptors (Lipinski definition) is 7. The van der Waals surface area contributed by atoms with E-state index in [1.165, 1.54) is 11.6 Å². The van der Waals surface area contributed by atoms with Crippen LogP contribution in [0.3, 0.4) is 0 Å². The fourth-order valence-corrected chi connectivity index (χ4v) is 4.59. The number of benzene rings is 1. The molecule has 3 aromatic heterocycles. The number of fused-ring (bicyclic) bond motifs is 1. The van der Waals surface area contributed by atoms with Crippen molar-refractivity contribution in [3.63, 3.8) is 0 Å². The molecular weight excluding hydrogens is 481 g/mol. The summed E-state index contributed by atoms with van der Waals surface area (Å²) in [5, 5.41) is 9.14. The normalized spacial score (nSPS) is 14.6. The van der Waals surface area contributed by atoms with E-state index in [-0.39, 0.29) is 12.4 Å². The number of anilines is 1. The van der Waals surface area contributed by atoms with Crippen molar-refractivity contribution in [2.45, 2.75) is 32.2 Å². The summed E-state index contributed by atoms with van der Waals surface area (Å²) in [6.45, 7) is 1.76. The van der Waals surface area contributed by atoms with Gasteiger partial charge in [-0.2, -0.15) is 4.98 Å². The molecule has 0 aliphatic carbocycles. The molecule has 1 fully saturated rings. The largest absolute Gasteiger partial charge is 0.419 e. The molecule has 1 aliphatic heterocycles. The van der Waals surface area contributed by atoms with Crippen molar-refractivity contribution in [1.82, 2.24) is 28.9 Å². The van der Waals surface area contributed by atoms with Gasteiger partial charge >= 0.3 is 5.69 Å². The molecule has 0 saturated carbocycles. The highest BCUT2D eigenvalue weighted by molar-refractivity contribution is 6.42. The summed E-state index contributed by atoms with van der Waals surface area (Å²) in [6, 6.07) is 5.06. The molecule has 12 heteroatoms. The quantitative estimate of drug-likeness (QED) is 0.420. The van der Waals surface area contributed by atoms with Crippen LogP contribution in [-0.4, -0.2) is 42.0 Å². The van der Waals surface area contributed by atoms with Crippen LogP contribution in [0.25, 0.3) is 22.6 Å². The van der Waals surface area contributed by atoms with E-state index in [0.29, 0.717) is 38.6 Å². The van der Waals surface area contributed by atoms with Gasteiger partial charge in [0.25, 0.3) is 5.56 Å². The van der Waals surface area contributed by atoms with E-state index in [2.05, 4.69) is 15.1 Å². The summed E-state index contributed by atoms with van der Waals surface area (Å²) in [7, 11) is 3.07. The molecule has 4 heterocycles. The van der Waals surface area contributed by atoms with Crippen LogP contribution in [0.1, 0.15) is 31.6 Å². The molecule has 34 heavy (non-hydrogen) atoms. The summed E-state index contributed by atoms with van der Waals surface area (Å²) in [4.78, 5) is 32.6. The predicted molar refractivity (Wildman–Crippen MR) is 130 cm³/mol. The average Bonchev–Trinajstić information content (AvgIpc) is 3.34. The number of hydrogen-bond donors (Lipinski definition) is 0. The van der Waals surface area contributed by atoms with Crippen molar-refractivity contribution >= 4 is 40.3 Å². The summed E-state index contributed by atoms with van der Waals surface area (Å²) in [5.74, 6) is 1.20. The zero-order chi connectivity index (χ0) is 24.0. The van der Waals surface area contributed by atoms with Crippen molar-refractivity contribution in [1.29, 1.82) is 0 Å². The molecular formula is C22H23Cl2N7O3.